The molecule has 7 nitrogen and oxygen atoms in total. The van der Waals surface area contributed by atoms with Gasteiger partial charge >= 0.3 is 0 Å². The molecule has 0 radical (unpaired) electrons. The number of nitrogens with one attached hydrogen (secondary N) is 1. The molecule has 2 aromatic heterocycles. The first-order chi connectivity index (χ1) is 13.6. The number of aromatic nitrogens is 3. The number of para-hydroxylation sites is 1. The Morgan fingerprint density at radius 3 is 2.25 bits per heavy atom. The van der Waals surface area contributed by atoms with Gasteiger partial charge in [-0.05, 0) is 24.3 Å². The van der Waals surface area contributed by atoms with Gasteiger partial charge in [-0.15, -0.1) is 0 Å². The maximum absolute atomic E-state index is 5.98. The Morgan fingerprint density at radius 1 is 0.857 bits per heavy atom. The second-order valence-corrected chi connectivity index (χ2v) is 6.15. The molecule has 4 rings (SSSR count). The van der Waals surface area contributed by atoms with Crippen LogP contribution in [0.4, 0.5) is 5.95 Å². The van der Waals surface area contributed by atoms with Crippen LogP contribution in [0.15, 0.2) is 48.5 Å². The van der Waals surface area contributed by atoms with Crippen molar-refractivity contribution in [1.82, 2.24) is 15.0 Å². The summed E-state index contributed by atoms with van der Waals surface area (Å²) in [6.45, 7) is 0. The van der Waals surface area contributed by atoms with E-state index in [9.17, 15) is 0 Å². The van der Waals surface area contributed by atoms with Crippen LogP contribution < -0.4 is 19.9 Å². The fourth-order valence-electron chi connectivity index (χ4n) is 3.21. The Morgan fingerprint density at radius 2 is 1.57 bits per heavy atom. The quantitative estimate of drug-likeness (QED) is 0.548. The van der Waals surface area contributed by atoms with Gasteiger partial charge < -0.3 is 24.9 Å². The van der Waals surface area contributed by atoms with Gasteiger partial charge in [0, 0.05) is 10.9 Å². The molecule has 142 valence electrons. The zero-order valence-corrected chi connectivity index (χ0v) is 15.8. The smallest absolute Gasteiger partial charge is 0.203 e. The summed E-state index contributed by atoms with van der Waals surface area (Å²) in [7, 11) is 4.72. The van der Waals surface area contributed by atoms with E-state index in [1.807, 2.05) is 48.5 Å². The average molecular weight is 376 g/mol. The van der Waals surface area contributed by atoms with E-state index >= 15 is 0 Å². The molecule has 0 atom stereocenters. The number of nitrogens with zero attached hydrogens (tertiary/aromatic N) is 2. The van der Waals surface area contributed by atoms with Crippen molar-refractivity contribution in [2.75, 3.05) is 27.1 Å². The zero-order chi connectivity index (χ0) is 19.7. The number of methoxy groups -OCH3 is 3. The van der Waals surface area contributed by atoms with Crippen LogP contribution in [0.25, 0.3) is 33.5 Å². The number of anilines is 1. The van der Waals surface area contributed by atoms with Gasteiger partial charge in [0.2, 0.25) is 5.75 Å². The third kappa shape index (κ3) is 2.96. The second-order valence-electron chi connectivity index (χ2n) is 6.15. The van der Waals surface area contributed by atoms with E-state index in [1.54, 1.807) is 21.3 Å². The number of rotatable bonds is 5. The minimum atomic E-state index is 0.300. The van der Waals surface area contributed by atoms with Crippen LogP contribution in [0, 0.1) is 0 Å². The number of nitrogens with two attached hydrogens (primary N) is 1. The predicted molar refractivity (Wildman–Crippen MR) is 109 cm³/mol. The Labute approximate surface area is 162 Å². The highest BCUT2D eigenvalue weighted by atomic mass is 16.5. The number of fused-ring (bicyclic) bond motifs is 1. The molecule has 0 unspecified atom stereocenters. The van der Waals surface area contributed by atoms with Crippen LogP contribution in [0.5, 0.6) is 17.2 Å². The first-order valence-corrected chi connectivity index (χ1v) is 8.66. The minimum Gasteiger partial charge on any atom is -0.493 e. The van der Waals surface area contributed by atoms with E-state index in [1.165, 1.54) is 0 Å². The first-order valence-electron chi connectivity index (χ1n) is 8.66. The normalized spacial score (nSPS) is 10.8. The van der Waals surface area contributed by atoms with Crippen molar-refractivity contribution in [3.8, 4) is 39.9 Å². The summed E-state index contributed by atoms with van der Waals surface area (Å²) in [6, 6.07) is 15.6. The lowest BCUT2D eigenvalue weighted by atomic mass is 10.1. The van der Waals surface area contributed by atoms with Crippen LogP contribution in [0.1, 0.15) is 0 Å². The van der Waals surface area contributed by atoms with Crippen molar-refractivity contribution < 1.29 is 14.2 Å². The van der Waals surface area contributed by atoms with Gasteiger partial charge in [0.1, 0.15) is 5.69 Å². The lowest BCUT2D eigenvalue weighted by Gasteiger charge is -2.14. The van der Waals surface area contributed by atoms with Crippen LogP contribution in [-0.2, 0) is 0 Å². The fraction of sp³-hybridized carbons (Fsp3) is 0.143. The van der Waals surface area contributed by atoms with Crippen molar-refractivity contribution in [3.63, 3.8) is 0 Å². The molecule has 28 heavy (non-hydrogen) atoms. The van der Waals surface area contributed by atoms with Crippen LogP contribution in [0.3, 0.4) is 0 Å². The molecule has 0 saturated carbocycles. The van der Waals surface area contributed by atoms with Crippen LogP contribution in [-0.4, -0.2) is 36.3 Å². The number of H-pyrrole nitrogens is 1. The number of ether oxygens (including phenoxy) is 3. The van der Waals surface area contributed by atoms with E-state index < -0.39 is 0 Å². The van der Waals surface area contributed by atoms with E-state index in [-0.39, 0.29) is 0 Å². The molecule has 0 saturated heterocycles. The Balaban J connectivity index is 1.90. The highest BCUT2D eigenvalue weighted by Crippen LogP contribution is 2.42. The lowest BCUT2D eigenvalue weighted by molar-refractivity contribution is 0.324. The van der Waals surface area contributed by atoms with E-state index in [2.05, 4.69) is 9.97 Å². The molecule has 2 aromatic carbocycles. The molecule has 0 aliphatic rings. The summed E-state index contributed by atoms with van der Waals surface area (Å²) in [5, 5.41) is 1.06. The van der Waals surface area contributed by atoms with Crippen LogP contribution in [0.2, 0.25) is 0 Å². The number of hydrogen-bond acceptors (Lipinski definition) is 6. The fourth-order valence-corrected chi connectivity index (χ4v) is 3.21. The number of aromatic amines is 1. The molecule has 0 amide bonds. The maximum atomic E-state index is 5.98. The van der Waals surface area contributed by atoms with E-state index in [4.69, 9.17) is 24.9 Å². The lowest BCUT2D eigenvalue weighted by Crippen LogP contribution is -1.96. The minimum absolute atomic E-state index is 0.300. The zero-order valence-electron chi connectivity index (χ0n) is 15.8. The molecule has 0 fully saturated rings. The number of hydrogen-bond donors (Lipinski definition) is 2. The standard InChI is InChI=1S/C21H20N4O3/c1-26-16-10-13(11-17(27-2)20(16)28-3)18-19(25-21(22)24-18)15-9-8-12-6-4-5-7-14(12)23-15/h4-11H,1-3H3,(H3,22,24,25). The SMILES string of the molecule is COc1cc(-c2nc(N)[nH]c2-c2ccc3ccccc3n2)cc(OC)c1OC. The van der Waals surface area contributed by atoms with Gasteiger partial charge in [0.25, 0.3) is 0 Å². The van der Waals surface area contributed by atoms with Crippen molar-refractivity contribution in [3.05, 3.63) is 48.5 Å². The van der Waals surface area contributed by atoms with Gasteiger partial charge in [-0.3, -0.25) is 0 Å². The molecule has 3 N–H and O–H groups in total. The third-order valence-corrected chi connectivity index (χ3v) is 4.51. The van der Waals surface area contributed by atoms with Crippen molar-refractivity contribution >= 4 is 16.9 Å². The maximum Gasteiger partial charge on any atom is 0.203 e. The molecule has 7 heteroatoms. The Hall–Kier alpha value is -3.74. The van der Waals surface area contributed by atoms with E-state index in [0.29, 0.717) is 28.9 Å². The summed E-state index contributed by atoms with van der Waals surface area (Å²) < 4.78 is 16.3. The van der Waals surface area contributed by atoms with Crippen molar-refractivity contribution in [2.45, 2.75) is 0 Å². The summed E-state index contributed by atoms with van der Waals surface area (Å²) in [5.41, 5.74) is 9.76. The second kappa shape index (κ2) is 7.11. The van der Waals surface area contributed by atoms with Crippen molar-refractivity contribution in [1.29, 1.82) is 0 Å². The van der Waals surface area contributed by atoms with Crippen LogP contribution >= 0.6 is 0 Å². The molecule has 2 heterocycles. The van der Waals surface area contributed by atoms with Crippen molar-refractivity contribution in [2.24, 2.45) is 0 Å². The highest BCUT2D eigenvalue weighted by molar-refractivity contribution is 5.85. The van der Waals surface area contributed by atoms with Gasteiger partial charge in [-0.2, -0.15) is 0 Å². The first kappa shape index (κ1) is 17.7. The number of nitrogen functional groups attached to an aromatic ring is 1. The Bertz CT molecular complexity index is 1130. The van der Waals surface area contributed by atoms with Gasteiger partial charge in [0.15, 0.2) is 17.4 Å². The number of benzene rings is 2. The monoisotopic (exact) mass is 376 g/mol. The summed E-state index contributed by atoms with van der Waals surface area (Å²) in [5.74, 6) is 1.89. The molecular formula is C21H20N4O3. The van der Waals surface area contributed by atoms with Gasteiger partial charge in [-0.25, -0.2) is 9.97 Å². The third-order valence-electron chi connectivity index (χ3n) is 4.51. The molecule has 0 bridgehead atoms. The molecular weight excluding hydrogens is 356 g/mol. The average Bonchev–Trinajstić information content (AvgIpc) is 3.13. The summed E-state index contributed by atoms with van der Waals surface area (Å²) in [6.07, 6.45) is 0. The summed E-state index contributed by atoms with van der Waals surface area (Å²) in [4.78, 5) is 12.3. The Kier molecular flexibility index (Phi) is 4.49. The molecule has 0 aliphatic heterocycles. The number of imidazole rings is 1. The number of pyridine rings is 1. The van der Waals surface area contributed by atoms with Gasteiger partial charge in [0.05, 0.1) is 38.2 Å². The molecule has 4 aromatic rings. The highest BCUT2D eigenvalue weighted by Gasteiger charge is 2.20. The summed E-state index contributed by atoms with van der Waals surface area (Å²) >= 11 is 0. The molecule has 0 aliphatic carbocycles. The van der Waals surface area contributed by atoms with E-state index in [0.717, 1.165) is 27.9 Å². The predicted octanol–water partition coefficient (Wildman–Crippen LogP) is 3.90. The van der Waals surface area contributed by atoms with Gasteiger partial charge in [-0.1, -0.05) is 24.3 Å². The molecule has 0 spiro atoms. The topological polar surface area (TPSA) is 95.3 Å². The largest absolute Gasteiger partial charge is 0.493 e.